The molecule has 0 atom stereocenters. The molecule has 0 saturated carbocycles. The van der Waals surface area contributed by atoms with E-state index in [4.69, 9.17) is 0 Å². The predicted octanol–water partition coefficient (Wildman–Crippen LogP) is 4.32. The highest BCUT2D eigenvalue weighted by atomic mass is 14.9. The lowest BCUT2D eigenvalue weighted by Gasteiger charge is -1.99. The summed E-state index contributed by atoms with van der Waals surface area (Å²) in [6, 6.07) is 23.3. The monoisotopic (exact) mass is 285 g/mol. The highest BCUT2D eigenvalue weighted by molar-refractivity contribution is 5.84. The summed E-state index contributed by atoms with van der Waals surface area (Å²) in [6.07, 6.45) is 4.28. The molecule has 2 aromatic carbocycles. The summed E-state index contributed by atoms with van der Waals surface area (Å²) < 4.78 is 2.22. The molecule has 106 valence electrons. The number of aryl methyl sites for hydroxylation is 1. The Bertz CT molecular complexity index is 960. The number of fused-ring (bicyclic) bond motifs is 2. The van der Waals surface area contributed by atoms with Crippen LogP contribution in [0, 0.1) is 0 Å². The Morgan fingerprint density at radius 3 is 2.45 bits per heavy atom. The van der Waals surface area contributed by atoms with E-state index >= 15 is 0 Å². The summed E-state index contributed by atoms with van der Waals surface area (Å²) in [7, 11) is 2.10. The fourth-order valence-electron chi connectivity index (χ4n) is 2.89. The number of aromatic nitrogens is 2. The zero-order valence-corrected chi connectivity index (χ0v) is 12.5. The summed E-state index contributed by atoms with van der Waals surface area (Å²) in [6.45, 7) is 0. The van der Waals surface area contributed by atoms with Crippen LogP contribution in [0.2, 0.25) is 0 Å². The van der Waals surface area contributed by atoms with Crippen molar-refractivity contribution in [2.24, 2.45) is 7.05 Å². The van der Waals surface area contributed by atoms with Gasteiger partial charge >= 0.3 is 0 Å². The Balaban J connectivity index is 1.74. The van der Waals surface area contributed by atoms with Crippen LogP contribution in [0.1, 0.15) is 11.4 Å². The third-order valence-corrected chi connectivity index (χ3v) is 4.10. The van der Waals surface area contributed by atoms with Gasteiger partial charge in [0.05, 0.1) is 0 Å². The summed E-state index contributed by atoms with van der Waals surface area (Å²) in [5, 5.41) is 2.50. The van der Waals surface area contributed by atoms with Gasteiger partial charge in [0.1, 0.15) is 7.05 Å². The molecule has 2 aromatic heterocycles. The molecule has 0 unspecified atom stereocenters. The topological polar surface area (TPSA) is 19.7 Å². The van der Waals surface area contributed by atoms with Gasteiger partial charge in [-0.3, -0.25) is 0 Å². The highest BCUT2D eigenvalue weighted by Crippen LogP contribution is 2.17. The van der Waals surface area contributed by atoms with Gasteiger partial charge in [-0.2, -0.15) is 4.57 Å². The van der Waals surface area contributed by atoms with Gasteiger partial charge in [0.15, 0.2) is 0 Å². The molecule has 4 aromatic rings. The lowest BCUT2D eigenvalue weighted by atomic mass is 10.2. The van der Waals surface area contributed by atoms with E-state index in [0.717, 1.165) is 5.69 Å². The van der Waals surface area contributed by atoms with Crippen molar-refractivity contribution < 1.29 is 4.57 Å². The average molecular weight is 285 g/mol. The summed E-state index contributed by atoms with van der Waals surface area (Å²) >= 11 is 0. The van der Waals surface area contributed by atoms with E-state index in [9.17, 15) is 0 Å². The van der Waals surface area contributed by atoms with Crippen LogP contribution in [0.25, 0.3) is 34.0 Å². The van der Waals surface area contributed by atoms with Crippen molar-refractivity contribution in [3.8, 4) is 0 Å². The Labute approximate surface area is 129 Å². The maximum Gasteiger partial charge on any atom is 0.212 e. The van der Waals surface area contributed by atoms with E-state index in [0.29, 0.717) is 0 Å². The van der Waals surface area contributed by atoms with Crippen molar-refractivity contribution in [1.82, 2.24) is 4.98 Å². The molecule has 0 radical (unpaired) electrons. The molecule has 2 heteroatoms. The normalized spacial score (nSPS) is 11.7. The molecule has 0 saturated heterocycles. The lowest BCUT2D eigenvalue weighted by molar-refractivity contribution is -0.646. The van der Waals surface area contributed by atoms with Crippen LogP contribution < -0.4 is 4.57 Å². The zero-order chi connectivity index (χ0) is 14.9. The maximum absolute atomic E-state index is 3.43. The van der Waals surface area contributed by atoms with E-state index in [1.807, 2.05) is 0 Å². The van der Waals surface area contributed by atoms with Crippen molar-refractivity contribution in [3.05, 3.63) is 78.1 Å². The van der Waals surface area contributed by atoms with Crippen molar-refractivity contribution >= 4 is 34.0 Å². The minimum atomic E-state index is 1.12. The van der Waals surface area contributed by atoms with Gasteiger partial charge in [0, 0.05) is 34.8 Å². The molecule has 1 N–H and O–H groups in total. The van der Waals surface area contributed by atoms with Crippen LogP contribution in [0.4, 0.5) is 0 Å². The van der Waals surface area contributed by atoms with E-state index in [1.54, 1.807) is 0 Å². The first-order valence-corrected chi connectivity index (χ1v) is 7.45. The molecule has 0 fully saturated rings. The Hall–Kier alpha value is -2.87. The number of rotatable bonds is 2. The number of benzene rings is 2. The first-order chi connectivity index (χ1) is 10.8. The summed E-state index contributed by atoms with van der Waals surface area (Å²) in [5.41, 5.74) is 4.71. The van der Waals surface area contributed by atoms with Gasteiger partial charge in [0.2, 0.25) is 11.2 Å². The second-order valence-electron chi connectivity index (χ2n) is 5.52. The quantitative estimate of drug-likeness (QED) is 0.529. The Morgan fingerprint density at radius 1 is 0.818 bits per heavy atom. The predicted molar refractivity (Wildman–Crippen MR) is 92.4 cm³/mol. The number of aromatic amines is 1. The summed E-state index contributed by atoms with van der Waals surface area (Å²) in [5.74, 6) is 0. The molecule has 0 bridgehead atoms. The SMILES string of the molecule is C[n+]1c(C=Cc2cc3ccccc3[nH]2)ccc2ccccc21. The van der Waals surface area contributed by atoms with E-state index in [-0.39, 0.29) is 0 Å². The highest BCUT2D eigenvalue weighted by Gasteiger charge is 2.08. The molecule has 4 rings (SSSR count). The third kappa shape index (κ3) is 2.19. The minimum absolute atomic E-state index is 1.12. The second-order valence-corrected chi connectivity index (χ2v) is 5.52. The number of nitrogens with zero attached hydrogens (tertiary/aromatic N) is 1. The van der Waals surface area contributed by atoms with Crippen LogP contribution >= 0.6 is 0 Å². The number of nitrogens with one attached hydrogen (secondary N) is 1. The number of hydrogen-bond donors (Lipinski definition) is 1. The number of pyridine rings is 1. The van der Waals surface area contributed by atoms with E-state index in [1.165, 1.54) is 27.5 Å². The van der Waals surface area contributed by atoms with Gasteiger partial charge in [0.25, 0.3) is 0 Å². The minimum Gasteiger partial charge on any atom is -0.355 e. The van der Waals surface area contributed by atoms with Crippen LogP contribution in [-0.2, 0) is 7.05 Å². The molecular weight excluding hydrogens is 268 g/mol. The standard InChI is InChI=1S/C20H16N2/c1-22-18(12-10-15-6-3-5-9-20(15)22)13-11-17-14-16-7-2-4-8-19(16)21-17/h2-14H,1H3/p+1. The van der Waals surface area contributed by atoms with E-state index in [2.05, 4.69) is 95.5 Å². The van der Waals surface area contributed by atoms with Gasteiger partial charge in [-0.05, 0) is 35.7 Å². The number of para-hydroxylation sites is 2. The van der Waals surface area contributed by atoms with Gasteiger partial charge in [-0.25, -0.2) is 0 Å². The second kappa shape index (κ2) is 5.15. The van der Waals surface area contributed by atoms with E-state index < -0.39 is 0 Å². The molecule has 2 nitrogen and oxygen atoms in total. The fraction of sp³-hybridized carbons (Fsp3) is 0.0500. The molecular formula is C20H17N2+. The lowest BCUT2D eigenvalue weighted by Crippen LogP contribution is -2.32. The Morgan fingerprint density at radius 2 is 1.59 bits per heavy atom. The van der Waals surface area contributed by atoms with Gasteiger partial charge in [-0.1, -0.05) is 30.3 Å². The first-order valence-electron chi connectivity index (χ1n) is 7.45. The van der Waals surface area contributed by atoms with Crippen LogP contribution in [0.5, 0.6) is 0 Å². The first kappa shape index (κ1) is 12.8. The molecule has 0 spiro atoms. The molecule has 0 aliphatic heterocycles. The Kier molecular flexibility index (Phi) is 3.01. The van der Waals surface area contributed by atoms with Crippen LogP contribution in [-0.4, -0.2) is 4.98 Å². The van der Waals surface area contributed by atoms with Crippen molar-refractivity contribution in [2.75, 3.05) is 0 Å². The zero-order valence-electron chi connectivity index (χ0n) is 12.5. The average Bonchev–Trinajstić information content (AvgIpc) is 2.97. The third-order valence-electron chi connectivity index (χ3n) is 4.10. The van der Waals surface area contributed by atoms with Crippen molar-refractivity contribution in [1.29, 1.82) is 0 Å². The maximum atomic E-state index is 3.43. The number of H-pyrrole nitrogens is 1. The van der Waals surface area contributed by atoms with Crippen LogP contribution in [0.3, 0.4) is 0 Å². The molecule has 0 aliphatic carbocycles. The van der Waals surface area contributed by atoms with Crippen LogP contribution in [0.15, 0.2) is 66.7 Å². The molecule has 2 heterocycles. The van der Waals surface area contributed by atoms with Crippen molar-refractivity contribution in [3.63, 3.8) is 0 Å². The fourth-order valence-corrected chi connectivity index (χ4v) is 2.89. The molecule has 22 heavy (non-hydrogen) atoms. The largest absolute Gasteiger partial charge is 0.355 e. The number of hydrogen-bond acceptors (Lipinski definition) is 0. The van der Waals surface area contributed by atoms with Gasteiger partial charge in [-0.15, -0.1) is 0 Å². The van der Waals surface area contributed by atoms with Gasteiger partial charge < -0.3 is 4.98 Å². The summed E-state index contributed by atoms with van der Waals surface area (Å²) in [4.78, 5) is 3.43. The smallest absolute Gasteiger partial charge is 0.212 e. The molecule has 0 aliphatic rings. The van der Waals surface area contributed by atoms with Crippen molar-refractivity contribution in [2.45, 2.75) is 0 Å². The molecule has 0 amide bonds.